The molecular weight excluding hydrogens is 337 g/mol. The van der Waals surface area contributed by atoms with Crippen LogP contribution in [0.5, 0.6) is 5.75 Å². The maximum Gasteiger partial charge on any atom is 0.433 e. The van der Waals surface area contributed by atoms with Crippen molar-refractivity contribution in [2.24, 2.45) is 0 Å². The molecule has 1 N–H and O–H groups in total. The van der Waals surface area contributed by atoms with E-state index in [4.69, 9.17) is 13.8 Å². The molecule has 0 amide bonds. The Balaban J connectivity index is 1.72. The molecule has 0 aromatic heterocycles. The molecule has 3 rings (SSSR count). The number of nitrogens with one attached hydrogen (secondary N) is 1. The van der Waals surface area contributed by atoms with Gasteiger partial charge in [-0.3, -0.25) is 14.1 Å². The fourth-order valence-corrected chi connectivity index (χ4v) is 5.48. The Morgan fingerprint density at radius 3 is 2.00 bits per heavy atom. The summed E-state index contributed by atoms with van der Waals surface area (Å²) in [5.41, 5.74) is 0.703. The summed E-state index contributed by atoms with van der Waals surface area (Å²) in [6.07, 6.45) is 10.8. The number of ether oxygens (including phenoxy) is 1. The first-order valence-corrected chi connectivity index (χ1v) is 11.1. The molecule has 0 radical (unpaired) electrons. The summed E-state index contributed by atoms with van der Waals surface area (Å²) in [6, 6.07) is 7.41. The monoisotopic (exact) mass is 367 g/mol. The van der Waals surface area contributed by atoms with E-state index in [9.17, 15) is 4.57 Å². The summed E-state index contributed by atoms with van der Waals surface area (Å²) in [6.45, 7) is 0. The minimum absolute atomic E-state index is 0.0151. The standard InChI is InChI=1S/C19H30NO4P/c1-22-19-14-8-9-16(15-19)20-25(21,23-17-10-4-2-5-11-17)24-18-12-6-3-7-13-18/h8-9,14-15,17-18H,2-7,10-13H2,1H3,(H,20,21). The van der Waals surface area contributed by atoms with E-state index in [0.29, 0.717) is 11.4 Å². The smallest absolute Gasteiger partial charge is 0.433 e. The molecule has 0 unspecified atom stereocenters. The van der Waals surface area contributed by atoms with E-state index in [-0.39, 0.29) is 12.2 Å². The Kier molecular flexibility index (Phi) is 6.80. The molecule has 2 aliphatic rings. The number of anilines is 1. The van der Waals surface area contributed by atoms with Gasteiger partial charge in [0.2, 0.25) is 0 Å². The number of benzene rings is 1. The van der Waals surface area contributed by atoms with E-state index in [1.807, 2.05) is 24.3 Å². The summed E-state index contributed by atoms with van der Waals surface area (Å²) in [4.78, 5) is 0. The number of hydrogen-bond acceptors (Lipinski definition) is 4. The van der Waals surface area contributed by atoms with Crippen molar-refractivity contribution in [2.45, 2.75) is 76.4 Å². The van der Waals surface area contributed by atoms with Crippen LogP contribution in [-0.2, 0) is 13.6 Å². The molecule has 6 heteroatoms. The Labute approximate surface area is 151 Å². The molecule has 0 heterocycles. The Bertz CT molecular complexity index is 559. The lowest BCUT2D eigenvalue weighted by Gasteiger charge is -2.31. The largest absolute Gasteiger partial charge is 0.497 e. The zero-order valence-electron chi connectivity index (χ0n) is 15.1. The van der Waals surface area contributed by atoms with Crippen LogP contribution in [0.4, 0.5) is 5.69 Å². The molecule has 2 fully saturated rings. The molecule has 0 bridgehead atoms. The molecule has 1 aromatic rings. The summed E-state index contributed by atoms with van der Waals surface area (Å²) in [5, 5.41) is 3.06. The van der Waals surface area contributed by atoms with E-state index in [2.05, 4.69) is 5.09 Å². The number of rotatable bonds is 7. The van der Waals surface area contributed by atoms with Gasteiger partial charge in [0.05, 0.1) is 19.3 Å². The third-order valence-electron chi connectivity index (χ3n) is 5.02. The lowest BCUT2D eigenvalue weighted by atomic mass is 9.98. The lowest BCUT2D eigenvalue weighted by molar-refractivity contribution is 0.0816. The van der Waals surface area contributed by atoms with Crippen molar-refractivity contribution in [1.29, 1.82) is 0 Å². The van der Waals surface area contributed by atoms with Crippen molar-refractivity contribution >= 4 is 13.4 Å². The SMILES string of the molecule is COc1cccc(NP(=O)(OC2CCCCC2)OC2CCCCC2)c1. The maximum atomic E-state index is 13.5. The van der Waals surface area contributed by atoms with Gasteiger partial charge in [0.1, 0.15) is 5.75 Å². The van der Waals surface area contributed by atoms with Crippen LogP contribution in [0.2, 0.25) is 0 Å². The third-order valence-corrected chi connectivity index (χ3v) is 6.70. The molecule has 25 heavy (non-hydrogen) atoms. The first kappa shape index (κ1) is 18.8. The Morgan fingerprint density at radius 2 is 1.48 bits per heavy atom. The average molecular weight is 367 g/mol. The molecule has 0 spiro atoms. The van der Waals surface area contributed by atoms with E-state index >= 15 is 0 Å². The third kappa shape index (κ3) is 5.73. The fraction of sp³-hybridized carbons (Fsp3) is 0.684. The zero-order chi connectivity index (χ0) is 17.5. The van der Waals surface area contributed by atoms with Gasteiger partial charge in [-0.25, -0.2) is 4.57 Å². The molecule has 5 nitrogen and oxygen atoms in total. The predicted octanol–water partition coefficient (Wildman–Crippen LogP) is 5.91. The van der Waals surface area contributed by atoms with Crippen LogP contribution in [0.3, 0.4) is 0 Å². The van der Waals surface area contributed by atoms with Gasteiger partial charge in [0.25, 0.3) is 0 Å². The molecular formula is C19H30NO4P. The quantitative estimate of drug-likeness (QED) is 0.607. The highest BCUT2D eigenvalue weighted by Gasteiger charge is 2.34. The van der Waals surface area contributed by atoms with Gasteiger partial charge in [-0.1, -0.05) is 44.6 Å². The van der Waals surface area contributed by atoms with Crippen LogP contribution in [0.1, 0.15) is 64.2 Å². The van der Waals surface area contributed by atoms with Crippen LogP contribution < -0.4 is 9.82 Å². The highest BCUT2D eigenvalue weighted by molar-refractivity contribution is 7.55. The van der Waals surface area contributed by atoms with Crippen molar-refractivity contribution in [3.05, 3.63) is 24.3 Å². The highest BCUT2D eigenvalue weighted by atomic mass is 31.2. The Hall–Kier alpha value is -1.03. The van der Waals surface area contributed by atoms with E-state index in [1.54, 1.807) is 7.11 Å². The highest BCUT2D eigenvalue weighted by Crippen LogP contribution is 2.53. The van der Waals surface area contributed by atoms with Crippen molar-refractivity contribution in [2.75, 3.05) is 12.2 Å². The topological polar surface area (TPSA) is 56.8 Å². The van der Waals surface area contributed by atoms with Crippen molar-refractivity contribution in [3.63, 3.8) is 0 Å². The van der Waals surface area contributed by atoms with Crippen LogP contribution in [0.25, 0.3) is 0 Å². The molecule has 2 aliphatic carbocycles. The van der Waals surface area contributed by atoms with Crippen LogP contribution >= 0.6 is 7.75 Å². The first-order chi connectivity index (χ1) is 12.2. The van der Waals surface area contributed by atoms with E-state index in [0.717, 1.165) is 51.4 Å². The molecule has 1 aromatic carbocycles. The average Bonchev–Trinajstić information content (AvgIpc) is 2.63. The zero-order valence-corrected chi connectivity index (χ0v) is 16.0. The summed E-state index contributed by atoms with van der Waals surface area (Å²) in [7, 11) is -1.79. The van der Waals surface area contributed by atoms with Gasteiger partial charge in [-0.15, -0.1) is 0 Å². The predicted molar refractivity (Wildman–Crippen MR) is 100 cm³/mol. The molecule has 0 aliphatic heterocycles. The van der Waals surface area contributed by atoms with Gasteiger partial charge in [-0.2, -0.15) is 0 Å². The molecule has 0 atom stereocenters. The van der Waals surface area contributed by atoms with Gasteiger partial charge in [-0.05, 0) is 37.8 Å². The van der Waals surface area contributed by atoms with Gasteiger partial charge in [0, 0.05) is 11.8 Å². The van der Waals surface area contributed by atoms with Crippen LogP contribution in [0, 0.1) is 0 Å². The van der Waals surface area contributed by atoms with E-state index < -0.39 is 7.75 Å². The molecule has 140 valence electrons. The normalized spacial score (nSPS) is 20.4. The van der Waals surface area contributed by atoms with Crippen molar-refractivity contribution < 1.29 is 18.3 Å². The minimum Gasteiger partial charge on any atom is -0.497 e. The second-order valence-corrected chi connectivity index (χ2v) is 8.71. The van der Waals surface area contributed by atoms with Crippen LogP contribution in [-0.4, -0.2) is 19.3 Å². The van der Waals surface area contributed by atoms with Gasteiger partial charge in [0.15, 0.2) is 0 Å². The van der Waals surface area contributed by atoms with Crippen LogP contribution in [0.15, 0.2) is 24.3 Å². The summed E-state index contributed by atoms with van der Waals surface area (Å²) in [5.74, 6) is 0.715. The fourth-order valence-electron chi connectivity index (χ4n) is 3.66. The summed E-state index contributed by atoms with van der Waals surface area (Å²) >= 11 is 0. The minimum atomic E-state index is -3.41. The second kappa shape index (κ2) is 9.07. The first-order valence-electron chi connectivity index (χ1n) is 9.56. The number of methoxy groups -OCH3 is 1. The molecule has 2 saturated carbocycles. The van der Waals surface area contributed by atoms with Gasteiger partial charge < -0.3 is 4.74 Å². The van der Waals surface area contributed by atoms with E-state index in [1.165, 1.54) is 12.8 Å². The van der Waals surface area contributed by atoms with Gasteiger partial charge >= 0.3 is 7.75 Å². The maximum absolute atomic E-state index is 13.5. The Morgan fingerprint density at radius 1 is 0.920 bits per heavy atom. The lowest BCUT2D eigenvalue weighted by Crippen LogP contribution is -2.22. The number of hydrogen-bond donors (Lipinski definition) is 1. The summed E-state index contributed by atoms with van der Waals surface area (Å²) < 4.78 is 30.9. The second-order valence-electron chi connectivity index (χ2n) is 7.07. The molecule has 0 saturated heterocycles. The van der Waals surface area contributed by atoms with Crippen molar-refractivity contribution in [1.82, 2.24) is 0 Å². The van der Waals surface area contributed by atoms with Crippen molar-refractivity contribution in [3.8, 4) is 5.75 Å².